The summed E-state index contributed by atoms with van der Waals surface area (Å²) < 4.78 is 6.81. The van der Waals surface area contributed by atoms with Crippen LogP contribution in [0.4, 0.5) is 0 Å². The summed E-state index contributed by atoms with van der Waals surface area (Å²) in [5.74, 6) is 0. The molecule has 4 aromatic carbocycles. The summed E-state index contributed by atoms with van der Waals surface area (Å²) in [4.78, 5) is 0. The molecule has 0 radical (unpaired) electrons. The minimum atomic E-state index is -0.734. The maximum absolute atomic E-state index is 6.81. The second-order valence-electron chi connectivity index (χ2n) is 7.61. The zero-order valence-electron chi connectivity index (χ0n) is 17.7. The molecule has 0 bridgehead atoms. The van der Waals surface area contributed by atoms with E-state index in [4.69, 9.17) is 27.9 Å². The standard InChI is InChI=1S/C29H24Cl2O/c1-22(23-17-18-27(30)28(31)21-23)19-20-32-29(24-11-5-2-6-12-24,25-13-7-3-8-14-25)26-15-9-4-10-16-26/h2-18,21H,1,19-20H2. The lowest BCUT2D eigenvalue weighted by Gasteiger charge is -2.36. The van der Waals surface area contributed by atoms with E-state index in [2.05, 4.69) is 43.0 Å². The van der Waals surface area contributed by atoms with Gasteiger partial charge in [0.15, 0.2) is 0 Å². The van der Waals surface area contributed by atoms with E-state index in [1.165, 1.54) is 0 Å². The van der Waals surface area contributed by atoms with Gasteiger partial charge in [-0.25, -0.2) is 0 Å². The second kappa shape index (κ2) is 10.2. The summed E-state index contributed by atoms with van der Waals surface area (Å²) in [5, 5.41) is 1.06. The zero-order valence-corrected chi connectivity index (χ0v) is 19.2. The van der Waals surface area contributed by atoms with Crippen molar-refractivity contribution in [3.8, 4) is 0 Å². The van der Waals surface area contributed by atoms with E-state index >= 15 is 0 Å². The van der Waals surface area contributed by atoms with Gasteiger partial charge in [-0.1, -0.05) is 127 Å². The van der Waals surface area contributed by atoms with Gasteiger partial charge >= 0.3 is 0 Å². The fraction of sp³-hybridized carbons (Fsp3) is 0.103. The lowest BCUT2D eigenvalue weighted by atomic mass is 9.80. The summed E-state index contributed by atoms with van der Waals surface area (Å²) in [6.45, 7) is 4.74. The molecule has 0 unspecified atom stereocenters. The first-order chi connectivity index (χ1) is 15.6. The van der Waals surface area contributed by atoms with E-state index in [0.29, 0.717) is 23.1 Å². The van der Waals surface area contributed by atoms with E-state index in [0.717, 1.165) is 27.8 Å². The maximum Gasteiger partial charge on any atom is 0.143 e. The molecular weight excluding hydrogens is 435 g/mol. The Morgan fingerprint density at radius 2 is 1.12 bits per heavy atom. The third-order valence-corrected chi connectivity index (χ3v) is 6.33. The SMILES string of the molecule is C=C(CCOC(c1ccccc1)(c1ccccc1)c1ccccc1)c1ccc(Cl)c(Cl)c1. The van der Waals surface area contributed by atoms with Gasteiger partial charge in [-0.05, 0) is 46.4 Å². The van der Waals surface area contributed by atoms with Gasteiger partial charge in [0.2, 0.25) is 0 Å². The van der Waals surface area contributed by atoms with Crippen LogP contribution in [0.3, 0.4) is 0 Å². The van der Waals surface area contributed by atoms with Gasteiger partial charge in [0.1, 0.15) is 5.60 Å². The molecule has 4 rings (SSSR count). The van der Waals surface area contributed by atoms with Crippen molar-refractivity contribution in [2.75, 3.05) is 6.61 Å². The van der Waals surface area contributed by atoms with Crippen LogP contribution in [0.1, 0.15) is 28.7 Å². The first-order valence-corrected chi connectivity index (χ1v) is 11.3. The van der Waals surface area contributed by atoms with Gasteiger partial charge in [0.05, 0.1) is 16.7 Å². The summed E-state index contributed by atoms with van der Waals surface area (Å²) in [6.07, 6.45) is 0.659. The fourth-order valence-electron chi connectivity index (χ4n) is 3.96. The number of hydrogen-bond acceptors (Lipinski definition) is 1. The first-order valence-electron chi connectivity index (χ1n) is 10.5. The topological polar surface area (TPSA) is 9.23 Å². The van der Waals surface area contributed by atoms with Gasteiger partial charge in [-0.2, -0.15) is 0 Å². The van der Waals surface area contributed by atoms with Gasteiger partial charge in [0.25, 0.3) is 0 Å². The number of hydrogen-bond donors (Lipinski definition) is 0. The van der Waals surface area contributed by atoms with Crippen molar-refractivity contribution in [1.82, 2.24) is 0 Å². The van der Waals surface area contributed by atoms with E-state index in [1.54, 1.807) is 6.07 Å². The average molecular weight is 459 g/mol. The van der Waals surface area contributed by atoms with Crippen LogP contribution in [-0.4, -0.2) is 6.61 Å². The lowest BCUT2D eigenvalue weighted by Crippen LogP contribution is -2.33. The summed E-state index contributed by atoms with van der Waals surface area (Å²) in [5.41, 5.74) is 4.42. The third-order valence-electron chi connectivity index (χ3n) is 5.59. The van der Waals surface area contributed by atoms with Gasteiger partial charge in [-0.15, -0.1) is 0 Å². The highest BCUT2D eigenvalue weighted by atomic mass is 35.5. The molecule has 0 aromatic heterocycles. The van der Waals surface area contributed by atoms with E-state index < -0.39 is 5.60 Å². The largest absolute Gasteiger partial charge is 0.360 e. The molecule has 0 atom stereocenters. The van der Waals surface area contributed by atoms with Crippen molar-refractivity contribution >= 4 is 28.8 Å². The van der Waals surface area contributed by atoms with Crippen molar-refractivity contribution in [3.05, 3.63) is 148 Å². The molecule has 0 N–H and O–H groups in total. The quantitative estimate of drug-likeness (QED) is 0.240. The van der Waals surface area contributed by atoms with Crippen molar-refractivity contribution in [2.45, 2.75) is 12.0 Å². The minimum Gasteiger partial charge on any atom is -0.360 e. The Balaban J connectivity index is 1.69. The second-order valence-corrected chi connectivity index (χ2v) is 8.42. The molecule has 0 saturated carbocycles. The molecule has 160 valence electrons. The van der Waals surface area contributed by atoms with E-state index in [9.17, 15) is 0 Å². The highest BCUT2D eigenvalue weighted by molar-refractivity contribution is 6.42. The van der Waals surface area contributed by atoms with Gasteiger partial charge in [0, 0.05) is 0 Å². The Kier molecular flexibility index (Phi) is 7.12. The predicted octanol–water partition coefficient (Wildman–Crippen LogP) is 8.41. The van der Waals surface area contributed by atoms with Crippen LogP contribution < -0.4 is 0 Å². The Hall–Kier alpha value is -2.84. The van der Waals surface area contributed by atoms with Crippen molar-refractivity contribution in [1.29, 1.82) is 0 Å². The molecule has 32 heavy (non-hydrogen) atoms. The third kappa shape index (κ3) is 4.66. The van der Waals surface area contributed by atoms with E-state index in [-0.39, 0.29) is 0 Å². The molecule has 0 fully saturated rings. The fourth-order valence-corrected chi connectivity index (χ4v) is 4.25. The lowest BCUT2D eigenvalue weighted by molar-refractivity contribution is 0.0165. The number of halogens is 2. The molecule has 0 aliphatic carbocycles. The molecule has 1 nitrogen and oxygen atoms in total. The van der Waals surface area contributed by atoms with Crippen LogP contribution in [0.15, 0.2) is 116 Å². The van der Waals surface area contributed by atoms with Crippen LogP contribution in [0.5, 0.6) is 0 Å². The zero-order chi connectivity index (χ0) is 22.4. The number of ether oxygens (including phenoxy) is 1. The normalized spacial score (nSPS) is 11.3. The molecule has 0 amide bonds. The number of benzene rings is 4. The van der Waals surface area contributed by atoms with Crippen molar-refractivity contribution < 1.29 is 4.74 Å². The molecule has 0 spiro atoms. The Morgan fingerprint density at radius 3 is 1.56 bits per heavy atom. The molecule has 3 heteroatoms. The van der Waals surface area contributed by atoms with Gasteiger partial charge in [-0.3, -0.25) is 0 Å². The Bertz CT molecular complexity index is 1080. The first kappa shape index (κ1) is 22.4. The average Bonchev–Trinajstić information content (AvgIpc) is 2.85. The summed E-state index contributed by atoms with van der Waals surface area (Å²) in [6, 6.07) is 36.7. The molecule has 0 heterocycles. The summed E-state index contributed by atoms with van der Waals surface area (Å²) >= 11 is 12.3. The van der Waals surface area contributed by atoms with Crippen molar-refractivity contribution in [3.63, 3.8) is 0 Å². The molecule has 0 aliphatic heterocycles. The molecule has 4 aromatic rings. The predicted molar refractivity (Wildman–Crippen MR) is 135 cm³/mol. The Labute approximate surface area is 199 Å². The smallest absolute Gasteiger partial charge is 0.143 e. The monoisotopic (exact) mass is 458 g/mol. The number of rotatable bonds is 8. The highest BCUT2D eigenvalue weighted by Gasteiger charge is 2.37. The molecule has 0 aliphatic rings. The van der Waals surface area contributed by atoms with Crippen LogP contribution in [0.25, 0.3) is 5.57 Å². The molecule has 0 saturated heterocycles. The van der Waals surface area contributed by atoms with Crippen LogP contribution in [0, 0.1) is 0 Å². The highest BCUT2D eigenvalue weighted by Crippen LogP contribution is 2.41. The molecular formula is C29H24Cl2O. The van der Waals surface area contributed by atoms with Crippen LogP contribution in [-0.2, 0) is 10.3 Å². The van der Waals surface area contributed by atoms with Crippen LogP contribution >= 0.6 is 23.2 Å². The van der Waals surface area contributed by atoms with E-state index in [1.807, 2.05) is 66.7 Å². The summed E-state index contributed by atoms with van der Waals surface area (Å²) in [7, 11) is 0. The van der Waals surface area contributed by atoms with Crippen molar-refractivity contribution in [2.24, 2.45) is 0 Å². The minimum absolute atomic E-state index is 0.484. The Morgan fingerprint density at radius 1 is 0.656 bits per heavy atom. The maximum atomic E-state index is 6.81. The van der Waals surface area contributed by atoms with Crippen LogP contribution in [0.2, 0.25) is 10.0 Å². The van der Waals surface area contributed by atoms with Gasteiger partial charge < -0.3 is 4.74 Å².